The van der Waals surface area contributed by atoms with Crippen LogP contribution >= 0.6 is 0 Å². The first-order chi connectivity index (χ1) is 6.54. The third-order valence-electron chi connectivity index (χ3n) is 1.49. The number of rotatable bonds is 0. The number of hydrogen-bond donors (Lipinski definition) is 1. The van der Waals surface area contributed by atoms with Gasteiger partial charge in [0.25, 0.3) is 0 Å². The van der Waals surface area contributed by atoms with Gasteiger partial charge in [-0.3, -0.25) is 0 Å². The molecule has 78 valence electrons. The lowest BCUT2D eigenvalue weighted by atomic mass is 10.1. The molecule has 0 aromatic heterocycles. The first kappa shape index (κ1) is 12.9. The SMILES string of the molecule is N.N#Cc1c(F)c(F)c(C#N)c(F)c1F. The van der Waals surface area contributed by atoms with E-state index in [1.165, 1.54) is 0 Å². The molecule has 0 amide bonds. The molecule has 0 unspecified atom stereocenters. The number of nitriles is 2. The van der Waals surface area contributed by atoms with Crippen LogP contribution in [0, 0.1) is 45.9 Å². The topological polar surface area (TPSA) is 82.6 Å². The second-order valence-electron chi connectivity index (χ2n) is 2.23. The Labute approximate surface area is 81.7 Å². The smallest absolute Gasteiger partial charge is 0.181 e. The van der Waals surface area contributed by atoms with Gasteiger partial charge in [-0.15, -0.1) is 0 Å². The minimum Gasteiger partial charge on any atom is -0.344 e. The lowest BCUT2D eigenvalue weighted by molar-refractivity contribution is 0.446. The van der Waals surface area contributed by atoms with E-state index in [1.807, 2.05) is 0 Å². The second kappa shape index (κ2) is 4.40. The van der Waals surface area contributed by atoms with Crippen LogP contribution in [0.1, 0.15) is 11.1 Å². The van der Waals surface area contributed by atoms with E-state index < -0.39 is 34.4 Å². The Morgan fingerprint density at radius 1 is 0.667 bits per heavy atom. The van der Waals surface area contributed by atoms with E-state index in [0.717, 1.165) is 12.1 Å². The molecule has 0 aliphatic carbocycles. The van der Waals surface area contributed by atoms with Crippen LogP contribution in [0.15, 0.2) is 0 Å². The van der Waals surface area contributed by atoms with E-state index >= 15 is 0 Å². The van der Waals surface area contributed by atoms with E-state index in [1.54, 1.807) is 0 Å². The van der Waals surface area contributed by atoms with Crippen LogP contribution in [0.5, 0.6) is 0 Å². The van der Waals surface area contributed by atoms with Crippen LogP contribution < -0.4 is 6.15 Å². The third kappa shape index (κ3) is 1.73. The molecule has 0 radical (unpaired) electrons. The molecule has 0 atom stereocenters. The van der Waals surface area contributed by atoms with Crippen LogP contribution in [-0.4, -0.2) is 0 Å². The lowest BCUT2D eigenvalue weighted by Gasteiger charge is -2.01. The summed E-state index contributed by atoms with van der Waals surface area (Å²) in [6.07, 6.45) is 0. The van der Waals surface area contributed by atoms with Crippen molar-refractivity contribution in [2.24, 2.45) is 0 Å². The third-order valence-corrected chi connectivity index (χ3v) is 1.49. The monoisotopic (exact) mass is 217 g/mol. The van der Waals surface area contributed by atoms with E-state index in [2.05, 4.69) is 0 Å². The Kier molecular flexibility index (Phi) is 3.78. The molecule has 0 heterocycles. The van der Waals surface area contributed by atoms with Crippen LogP contribution in [-0.2, 0) is 0 Å². The summed E-state index contributed by atoms with van der Waals surface area (Å²) in [5.41, 5.74) is -2.75. The van der Waals surface area contributed by atoms with Crippen LogP contribution in [0.25, 0.3) is 0 Å². The summed E-state index contributed by atoms with van der Waals surface area (Å²) in [4.78, 5) is 0. The van der Waals surface area contributed by atoms with E-state index in [9.17, 15) is 17.6 Å². The van der Waals surface area contributed by atoms with E-state index in [0.29, 0.717) is 0 Å². The van der Waals surface area contributed by atoms with Crippen molar-refractivity contribution >= 4 is 0 Å². The zero-order valence-electron chi connectivity index (χ0n) is 7.11. The lowest BCUT2D eigenvalue weighted by Crippen LogP contribution is -2.04. The van der Waals surface area contributed by atoms with E-state index in [-0.39, 0.29) is 6.15 Å². The van der Waals surface area contributed by atoms with Gasteiger partial charge in [0, 0.05) is 0 Å². The number of hydrogen-bond acceptors (Lipinski definition) is 3. The quantitative estimate of drug-likeness (QED) is 0.533. The molecule has 3 N–H and O–H groups in total. The maximum Gasteiger partial charge on any atom is 0.181 e. The van der Waals surface area contributed by atoms with Gasteiger partial charge in [0.15, 0.2) is 23.3 Å². The fraction of sp³-hybridized carbons (Fsp3) is 0. The van der Waals surface area contributed by atoms with Crippen LogP contribution in [0.4, 0.5) is 17.6 Å². The van der Waals surface area contributed by atoms with Gasteiger partial charge in [-0.2, -0.15) is 10.5 Å². The summed E-state index contributed by atoms with van der Waals surface area (Å²) in [6, 6.07) is 1.91. The number of halogens is 4. The van der Waals surface area contributed by atoms with Gasteiger partial charge in [-0.1, -0.05) is 0 Å². The van der Waals surface area contributed by atoms with Crippen molar-refractivity contribution in [3.05, 3.63) is 34.4 Å². The Hall–Kier alpha value is -2.12. The van der Waals surface area contributed by atoms with Gasteiger partial charge in [0.1, 0.15) is 23.3 Å². The first-order valence-corrected chi connectivity index (χ1v) is 3.20. The maximum absolute atomic E-state index is 12.7. The molecular formula is C8H3F4N3. The molecule has 1 aromatic rings. The zero-order valence-corrected chi connectivity index (χ0v) is 7.11. The predicted molar refractivity (Wildman–Crippen MR) is 40.7 cm³/mol. The molecule has 15 heavy (non-hydrogen) atoms. The van der Waals surface area contributed by atoms with Crippen molar-refractivity contribution in [2.75, 3.05) is 0 Å². The molecule has 7 heteroatoms. The normalized spacial score (nSPS) is 8.67. The minimum absolute atomic E-state index is 0. The molecular weight excluding hydrogens is 214 g/mol. The van der Waals surface area contributed by atoms with Gasteiger partial charge in [-0.25, -0.2) is 17.6 Å². The van der Waals surface area contributed by atoms with Crippen molar-refractivity contribution in [1.82, 2.24) is 6.15 Å². The molecule has 0 saturated heterocycles. The van der Waals surface area contributed by atoms with Crippen molar-refractivity contribution in [3.63, 3.8) is 0 Å². The fourth-order valence-electron chi connectivity index (χ4n) is 0.828. The highest BCUT2D eigenvalue weighted by atomic mass is 19.2. The molecule has 0 aliphatic rings. The zero-order chi connectivity index (χ0) is 10.9. The van der Waals surface area contributed by atoms with Gasteiger partial charge < -0.3 is 6.15 Å². The summed E-state index contributed by atoms with van der Waals surface area (Å²) in [6.45, 7) is 0. The molecule has 0 bridgehead atoms. The Morgan fingerprint density at radius 2 is 0.867 bits per heavy atom. The Morgan fingerprint density at radius 3 is 1.00 bits per heavy atom. The largest absolute Gasteiger partial charge is 0.344 e. The Balaban J connectivity index is 0.00000196. The van der Waals surface area contributed by atoms with Crippen molar-refractivity contribution in [1.29, 1.82) is 10.5 Å². The molecule has 0 saturated carbocycles. The summed E-state index contributed by atoms with van der Waals surface area (Å²) in [5.74, 6) is -7.43. The number of benzene rings is 1. The van der Waals surface area contributed by atoms with Crippen LogP contribution in [0.2, 0.25) is 0 Å². The van der Waals surface area contributed by atoms with Crippen LogP contribution in [0.3, 0.4) is 0 Å². The molecule has 1 aromatic carbocycles. The van der Waals surface area contributed by atoms with Gasteiger partial charge in [-0.05, 0) is 0 Å². The molecule has 3 nitrogen and oxygen atoms in total. The standard InChI is InChI=1S/C8F4N2.H3N/c9-5-3(1-13)6(10)8(12)4(2-14)7(5)11;/h;1H3. The average Bonchev–Trinajstić information content (AvgIpc) is 2.17. The molecule has 0 spiro atoms. The number of nitrogens with zero attached hydrogens (tertiary/aromatic N) is 2. The van der Waals surface area contributed by atoms with E-state index in [4.69, 9.17) is 10.5 Å². The molecule has 0 fully saturated rings. The summed E-state index contributed by atoms with van der Waals surface area (Å²) < 4.78 is 50.9. The highest BCUT2D eigenvalue weighted by Crippen LogP contribution is 2.22. The van der Waals surface area contributed by atoms with Crippen molar-refractivity contribution in [2.45, 2.75) is 0 Å². The van der Waals surface area contributed by atoms with Gasteiger partial charge in [0.2, 0.25) is 0 Å². The molecule has 1 rings (SSSR count). The fourth-order valence-corrected chi connectivity index (χ4v) is 0.828. The van der Waals surface area contributed by atoms with Gasteiger partial charge in [0.05, 0.1) is 0 Å². The second-order valence-corrected chi connectivity index (χ2v) is 2.23. The van der Waals surface area contributed by atoms with Gasteiger partial charge >= 0.3 is 0 Å². The minimum atomic E-state index is -1.86. The summed E-state index contributed by atoms with van der Waals surface area (Å²) >= 11 is 0. The first-order valence-electron chi connectivity index (χ1n) is 3.20. The summed E-state index contributed by atoms with van der Waals surface area (Å²) in [5, 5.41) is 16.3. The Bertz CT molecular complexity index is 410. The summed E-state index contributed by atoms with van der Waals surface area (Å²) in [7, 11) is 0. The van der Waals surface area contributed by atoms with Crippen molar-refractivity contribution in [3.8, 4) is 12.1 Å². The molecule has 0 aliphatic heterocycles. The highest BCUT2D eigenvalue weighted by Gasteiger charge is 2.24. The highest BCUT2D eigenvalue weighted by molar-refractivity contribution is 5.42. The average molecular weight is 217 g/mol. The van der Waals surface area contributed by atoms with Crippen molar-refractivity contribution < 1.29 is 17.6 Å². The maximum atomic E-state index is 12.7. The predicted octanol–water partition coefficient (Wildman–Crippen LogP) is 2.15.